The van der Waals surface area contributed by atoms with Crippen molar-refractivity contribution in [2.24, 2.45) is 0 Å². The molecule has 0 heterocycles. The van der Waals surface area contributed by atoms with Crippen LogP contribution in [0.5, 0.6) is 0 Å². The molecule has 1 aromatic rings. The van der Waals surface area contributed by atoms with Crippen LogP contribution in [0.25, 0.3) is 0 Å². The van der Waals surface area contributed by atoms with Gasteiger partial charge in [-0.25, -0.2) is 4.79 Å². The Kier molecular flexibility index (Phi) is 5.72. The van der Waals surface area contributed by atoms with Crippen molar-refractivity contribution in [1.29, 1.82) is 0 Å². The van der Waals surface area contributed by atoms with Crippen molar-refractivity contribution >= 4 is 17.6 Å². The highest BCUT2D eigenvalue weighted by Gasteiger charge is 2.21. The maximum absolute atomic E-state index is 12.1. The second kappa shape index (κ2) is 7.53. The highest BCUT2D eigenvalue weighted by Crippen LogP contribution is 2.21. The molecule has 1 aromatic carbocycles. The van der Waals surface area contributed by atoms with E-state index in [9.17, 15) is 4.79 Å². The summed E-state index contributed by atoms with van der Waals surface area (Å²) in [4.78, 5) is 14.0. The number of halogens is 1. The van der Waals surface area contributed by atoms with Gasteiger partial charge in [-0.1, -0.05) is 43.0 Å². The van der Waals surface area contributed by atoms with Gasteiger partial charge in [0, 0.05) is 24.7 Å². The van der Waals surface area contributed by atoms with Gasteiger partial charge < -0.3 is 10.2 Å². The normalized spacial score (nSPS) is 15.9. The van der Waals surface area contributed by atoms with Crippen LogP contribution in [0.3, 0.4) is 0 Å². The van der Waals surface area contributed by atoms with Crippen molar-refractivity contribution in [3.8, 4) is 0 Å². The summed E-state index contributed by atoms with van der Waals surface area (Å²) in [6, 6.07) is 8.23. The Bertz CT molecular complexity index is 427. The number of amides is 2. The molecule has 0 saturated heterocycles. The van der Waals surface area contributed by atoms with E-state index in [2.05, 4.69) is 5.32 Å². The Balaban J connectivity index is 1.72. The summed E-state index contributed by atoms with van der Waals surface area (Å²) in [6.07, 6.45) is 6.91. The van der Waals surface area contributed by atoms with Gasteiger partial charge in [0.1, 0.15) is 0 Å². The van der Waals surface area contributed by atoms with Crippen LogP contribution in [0.1, 0.15) is 37.7 Å². The fourth-order valence-corrected chi connectivity index (χ4v) is 2.85. The first-order valence-electron chi connectivity index (χ1n) is 7.42. The molecule has 1 N–H and O–H groups in total. The van der Waals surface area contributed by atoms with Crippen LogP contribution >= 0.6 is 11.6 Å². The zero-order valence-electron chi connectivity index (χ0n) is 12.1. The lowest BCUT2D eigenvalue weighted by atomic mass is 9.95. The van der Waals surface area contributed by atoms with E-state index in [0.717, 1.165) is 24.3 Å². The minimum atomic E-state index is 0.0471. The average molecular weight is 295 g/mol. The minimum absolute atomic E-state index is 0.0471. The number of carbonyl (C=O) groups is 1. The number of carbonyl (C=O) groups excluding carboxylic acids is 1. The first kappa shape index (κ1) is 15.2. The molecule has 0 aliphatic heterocycles. The van der Waals surface area contributed by atoms with Gasteiger partial charge in [-0.3, -0.25) is 0 Å². The SMILES string of the molecule is CN(C(=O)NCCc1ccc(Cl)cc1)C1CCCCC1. The standard InChI is InChI=1S/C16H23ClN2O/c1-19(15-5-3-2-4-6-15)16(20)18-12-11-13-7-9-14(17)10-8-13/h7-10,15H,2-6,11-12H2,1H3,(H,18,20). The van der Waals surface area contributed by atoms with Crippen molar-refractivity contribution in [2.75, 3.05) is 13.6 Å². The molecule has 1 aliphatic rings. The average Bonchev–Trinajstić information content (AvgIpc) is 2.49. The molecule has 0 aromatic heterocycles. The van der Waals surface area contributed by atoms with Crippen LogP contribution in [-0.2, 0) is 6.42 Å². The summed E-state index contributed by atoms with van der Waals surface area (Å²) >= 11 is 5.85. The Morgan fingerprint density at radius 3 is 2.55 bits per heavy atom. The number of nitrogens with one attached hydrogen (secondary N) is 1. The zero-order valence-corrected chi connectivity index (χ0v) is 12.8. The lowest BCUT2D eigenvalue weighted by Crippen LogP contribution is -2.44. The van der Waals surface area contributed by atoms with E-state index in [1.54, 1.807) is 0 Å². The van der Waals surface area contributed by atoms with Gasteiger partial charge in [0.2, 0.25) is 0 Å². The molecule has 110 valence electrons. The summed E-state index contributed by atoms with van der Waals surface area (Å²) in [5.74, 6) is 0. The number of benzene rings is 1. The van der Waals surface area contributed by atoms with Gasteiger partial charge in [-0.2, -0.15) is 0 Å². The van der Waals surface area contributed by atoms with E-state index in [4.69, 9.17) is 11.6 Å². The van der Waals surface area contributed by atoms with Gasteiger partial charge >= 0.3 is 6.03 Å². The molecule has 0 bridgehead atoms. The minimum Gasteiger partial charge on any atom is -0.338 e. The predicted octanol–water partition coefficient (Wildman–Crippen LogP) is 3.86. The fraction of sp³-hybridized carbons (Fsp3) is 0.562. The Labute approximate surface area is 126 Å². The van der Waals surface area contributed by atoms with Crippen LogP contribution < -0.4 is 5.32 Å². The fourth-order valence-electron chi connectivity index (χ4n) is 2.72. The molecule has 1 fully saturated rings. The van der Waals surface area contributed by atoms with Crippen molar-refractivity contribution in [1.82, 2.24) is 10.2 Å². The molecule has 0 radical (unpaired) electrons. The molecule has 1 aliphatic carbocycles. The molecule has 1 saturated carbocycles. The number of hydrogen-bond acceptors (Lipinski definition) is 1. The smallest absolute Gasteiger partial charge is 0.317 e. The van der Waals surface area contributed by atoms with Crippen molar-refractivity contribution in [2.45, 2.75) is 44.6 Å². The molecule has 20 heavy (non-hydrogen) atoms. The van der Waals surface area contributed by atoms with Gasteiger partial charge in [-0.05, 0) is 37.0 Å². The van der Waals surface area contributed by atoms with Crippen LogP contribution in [0.2, 0.25) is 5.02 Å². The summed E-state index contributed by atoms with van der Waals surface area (Å²) in [5, 5.41) is 3.74. The third-order valence-electron chi connectivity index (χ3n) is 4.05. The highest BCUT2D eigenvalue weighted by molar-refractivity contribution is 6.30. The molecule has 2 rings (SSSR count). The van der Waals surface area contributed by atoms with Crippen molar-refractivity contribution < 1.29 is 4.79 Å². The first-order chi connectivity index (χ1) is 9.66. The number of nitrogens with zero attached hydrogens (tertiary/aromatic N) is 1. The lowest BCUT2D eigenvalue weighted by Gasteiger charge is -2.31. The topological polar surface area (TPSA) is 32.3 Å². The zero-order chi connectivity index (χ0) is 14.4. The van der Waals surface area contributed by atoms with Crippen LogP contribution in [0.4, 0.5) is 4.79 Å². The second-order valence-electron chi connectivity index (χ2n) is 5.51. The van der Waals surface area contributed by atoms with Crippen LogP contribution in [0, 0.1) is 0 Å². The molecule has 3 nitrogen and oxygen atoms in total. The maximum atomic E-state index is 12.1. The monoisotopic (exact) mass is 294 g/mol. The van der Waals surface area contributed by atoms with Gasteiger partial charge in [0.05, 0.1) is 0 Å². The summed E-state index contributed by atoms with van der Waals surface area (Å²) < 4.78 is 0. The third kappa shape index (κ3) is 4.41. The Hall–Kier alpha value is -1.22. The van der Waals surface area contributed by atoms with E-state index in [1.165, 1.54) is 24.8 Å². The molecule has 0 spiro atoms. The van der Waals surface area contributed by atoms with E-state index in [-0.39, 0.29) is 6.03 Å². The predicted molar refractivity (Wildman–Crippen MR) is 83.2 cm³/mol. The number of urea groups is 1. The van der Waals surface area contributed by atoms with Crippen LogP contribution in [0.15, 0.2) is 24.3 Å². The number of hydrogen-bond donors (Lipinski definition) is 1. The highest BCUT2D eigenvalue weighted by atomic mass is 35.5. The Morgan fingerprint density at radius 2 is 1.90 bits per heavy atom. The lowest BCUT2D eigenvalue weighted by molar-refractivity contribution is 0.174. The van der Waals surface area contributed by atoms with E-state index >= 15 is 0 Å². The largest absolute Gasteiger partial charge is 0.338 e. The van der Waals surface area contributed by atoms with Crippen LogP contribution in [-0.4, -0.2) is 30.6 Å². The summed E-state index contributed by atoms with van der Waals surface area (Å²) in [7, 11) is 1.91. The van der Waals surface area contributed by atoms with Gasteiger partial charge in [0.15, 0.2) is 0 Å². The number of rotatable bonds is 4. The van der Waals surface area contributed by atoms with E-state index in [1.807, 2.05) is 36.2 Å². The third-order valence-corrected chi connectivity index (χ3v) is 4.30. The quantitative estimate of drug-likeness (QED) is 0.898. The molecule has 4 heteroatoms. The molecule has 0 unspecified atom stereocenters. The first-order valence-corrected chi connectivity index (χ1v) is 7.80. The van der Waals surface area contributed by atoms with Crippen molar-refractivity contribution in [3.63, 3.8) is 0 Å². The molecule has 0 atom stereocenters. The van der Waals surface area contributed by atoms with E-state index in [0.29, 0.717) is 12.6 Å². The van der Waals surface area contributed by atoms with E-state index < -0.39 is 0 Å². The summed E-state index contributed by atoms with van der Waals surface area (Å²) in [5.41, 5.74) is 1.19. The Morgan fingerprint density at radius 1 is 1.25 bits per heavy atom. The molecular formula is C16H23ClN2O. The van der Waals surface area contributed by atoms with Crippen molar-refractivity contribution in [3.05, 3.63) is 34.9 Å². The molecule has 2 amide bonds. The van der Waals surface area contributed by atoms with Gasteiger partial charge in [-0.15, -0.1) is 0 Å². The maximum Gasteiger partial charge on any atom is 0.317 e. The second-order valence-corrected chi connectivity index (χ2v) is 5.95. The molecular weight excluding hydrogens is 272 g/mol. The van der Waals surface area contributed by atoms with Gasteiger partial charge in [0.25, 0.3) is 0 Å². The summed E-state index contributed by atoms with van der Waals surface area (Å²) in [6.45, 7) is 0.664.